The Balaban J connectivity index is 1.54. The topological polar surface area (TPSA) is 72.8 Å². The molecule has 1 aromatic heterocycles. The zero-order valence-corrected chi connectivity index (χ0v) is 17.2. The van der Waals surface area contributed by atoms with Crippen LogP contribution in [0, 0.1) is 17.5 Å². The van der Waals surface area contributed by atoms with Gasteiger partial charge >= 0.3 is 5.97 Å². The van der Waals surface area contributed by atoms with Crippen LogP contribution in [0.15, 0.2) is 46.9 Å². The van der Waals surface area contributed by atoms with Crippen molar-refractivity contribution >= 4 is 28.7 Å². The molecule has 1 N–H and O–H groups in total. The van der Waals surface area contributed by atoms with Crippen molar-refractivity contribution in [2.24, 2.45) is 5.10 Å². The maximum Gasteiger partial charge on any atom is 0.311 e. The van der Waals surface area contributed by atoms with Crippen molar-refractivity contribution in [2.45, 2.75) is 20.0 Å². The molecule has 0 atom stereocenters. The highest BCUT2D eigenvalue weighted by atomic mass is 32.1. The molecule has 0 radical (unpaired) electrons. The minimum atomic E-state index is -0.992. The van der Waals surface area contributed by atoms with Gasteiger partial charge in [0.25, 0.3) is 0 Å². The Morgan fingerprint density at radius 2 is 2.00 bits per heavy atom. The SMILES string of the molecule is CCOC(=O)Cc1csc(NN=Cc2ccc(OCc3ccc(F)c(F)c3)c(F)c2)n1. The second-order valence-corrected chi connectivity index (χ2v) is 7.08. The maximum absolute atomic E-state index is 14.2. The van der Waals surface area contributed by atoms with Crippen LogP contribution >= 0.6 is 11.3 Å². The third-order valence-corrected chi connectivity index (χ3v) is 4.69. The molecule has 0 aliphatic heterocycles. The van der Waals surface area contributed by atoms with Crippen LogP contribution in [0.25, 0.3) is 0 Å². The molecule has 3 aromatic rings. The summed E-state index contributed by atoms with van der Waals surface area (Å²) in [5.74, 6) is -2.96. The Morgan fingerprint density at radius 1 is 1.16 bits per heavy atom. The average molecular weight is 449 g/mol. The van der Waals surface area contributed by atoms with Gasteiger partial charge in [-0.3, -0.25) is 10.2 Å². The Morgan fingerprint density at radius 3 is 2.74 bits per heavy atom. The van der Waals surface area contributed by atoms with Gasteiger partial charge in [0.15, 0.2) is 23.2 Å². The number of ether oxygens (including phenoxy) is 2. The van der Waals surface area contributed by atoms with E-state index in [-0.39, 0.29) is 24.7 Å². The van der Waals surface area contributed by atoms with Crippen molar-refractivity contribution < 1.29 is 27.4 Å². The van der Waals surface area contributed by atoms with Gasteiger partial charge in [-0.2, -0.15) is 5.10 Å². The maximum atomic E-state index is 14.2. The van der Waals surface area contributed by atoms with E-state index in [0.717, 1.165) is 12.1 Å². The molecule has 1 heterocycles. The molecule has 2 aromatic carbocycles. The Hall–Kier alpha value is -3.40. The van der Waals surface area contributed by atoms with Gasteiger partial charge in [0.05, 0.1) is 24.9 Å². The average Bonchev–Trinajstić information content (AvgIpc) is 3.17. The van der Waals surface area contributed by atoms with Crippen molar-refractivity contribution in [3.05, 3.63) is 76.1 Å². The lowest BCUT2D eigenvalue weighted by Gasteiger charge is -2.08. The molecule has 0 saturated carbocycles. The molecule has 6 nitrogen and oxygen atoms in total. The molecule has 162 valence electrons. The van der Waals surface area contributed by atoms with Gasteiger partial charge in [-0.25, -0.2) is 18.2 Å². The fraction of sp³-hybridized carbons (Fsp3) is 0.190. The van der Waals surface area contributed by atoms with Gasteiger partial charge in [0.1, 0.15) is 6.61 Å². The fourth-order valence-electron chi connectivity index (χ4n) is 2.47. The third kappa shape index (κ3) is 6.54. The molecule has 0 saturated heterocycles. The number of aromatic nitrogens is 1. The summed E-state index contributed by atoms with van der Waals surface area (Å²) < 4.78 is 50.6. The lowest BCUT2D eigenvalue weighted by atomic mass is 10.2. The number of hydrazone groups is 1. The molecule has 0 fully saturated rings. The molecule has 0 spiro atoms. The second-order valence-electron chi connectivity index (χ2n) is 6.22. The minimum absolute atomic E-state index is 0.0293. The number of benzene rings is 2. The largest absolute Gasteiger partial charge is 0.486 e. The monoisotopic (exact) mass is 449 g/mol. The van der Waals surface area contributed by atoms with E-state index in [1.807, 2.05) is 0 Å². The van der Waals surface area contributed by atoms with E-state index in [0.29, 0.717) is 28.6 Å². The first kappa shape index (κ1) is 22.3. The smallest absolute Gasteiger partial charge is 0.311 e. The Labute approximate surface area is 180 Å². The summed E-state index contributed by atoms with van der Waals surface area (Å²) in [6, 6.07) is 7.57. The highest BCUT2D eigenvalue weighted by Gasteiger charge is 2.09. The predicted molar refractivity (Wildman–Crippen MR) is 111 cm³/mol. The summed E-state index contributed by atoms with van der Waals surface area (Å²) in [7, 11) is 0. The number of anilines is 1. The summed E-state index contributed by atoms with van der Waals surface area (Å²) in [5.41, 5.74) is 4.12. The number of carbonyl (C=O) groups is 1. The molecular weight excluding hydrogens is 431 g/mol. The summed E-state index contributed by atoms with van der Waals surface area (Å²) in [6.07, 6.45) is 1.47. The molecule has 0 aliphatic carbocycles. The van der Waals surface area contributed by atoms with Crippen LogP contribution in [0.5, 0.6) is 5.75 Å². The number of thiazole rings is 1. The van der Waals surface area contributed by atoms with Crippen LogP contribution < -0.4 is 10.2 Å². The van der Waals surface area contributed by atoms with Gasteiger partial charge in [-0.1, -0.05) is 6.07 Å². The highest BCUT2D eigenvalue weighted by Crippen LogP contribution is 2.20. The predicted octanol–water partition coefficient (Wildman–Crippen LogP) is 4.69. The molecule has 0 aliphatic rings. The summed E-state index contributed by atoms with van der Waals surface area (Å²) in [5, 5.41) is 6.19. The first-order valence-corrected chi connectivity index (χ1v) is 10.1. The van der Waals surface area contributed by atoms with Gasteiger partial charge in [-0.15, -0.1) is 11.3 Å². The number of halogens is 3. The van der Waals surface area contributed by atoms with E-state index < -0.39 is 17.5 Å². The van der Waals surface area contributed by atoms with Crippen LogP contribution in [-0.2, 0) is 22.6 Å². The summed E-state index contributed by atoms with van der Waals surface area (Å²) in [4.78, 5) is 15.7. The number of rotatable bonds is 9. The van der Waals surface area contributed by atoms with Crippen molar-refractivity contribution in [3.63, 3.8) is 0 Å². The first-order valence-electron chi connectivity index (χ1n) is 9.20. The molecule has 0 unspecified atom stereocenters. The minimum Gasteiger partial charge on any atom is -0.486 e. The number of nitrogens with zero attached hydrogens (tertiary/aromatic N) is 2. The van der Waals surface area contributed by atoms with Crippen LogP contribution in [0.1, 0.15) is 23.7 Å². The standard InChI is InChI=1S/C21H18F3N3O3S/c1-2-29-20(28)9-15-12-31-21(26-15)27-25-10-13-4-6-19(18(24)7-13)30-11-14-3-5-16(22)17(23)8-14/h3-8,10,12H,2,9,11H2,1H3,(H,26,27). The molecule has 31 heavy (non-hydrogen) atoms. The van der Waals surface area contributed by atoms with Crippen LogP contribution in [0.3, 0.4) is 0 Å². The molecule has 3 rings (SSSR count). The van der Waals surface area contributed by atoms with Gasteiger partial charge in [-0.05, 0) is 48.4 Å². The molecule has 0 amide bonds. The van der Waals surface area contributed by atoms with E-state index >= 15 is 0 Å². The number of nitrogens with one attached hydrogen (secondary N) is 1. The van der Waals surface area contributed by atoms with Gasteiger partial charge < -0.3 is 9.47 Å². The van der Waals surface area contributed by atoms with Crippen LogP contribution in [0.2, 0.25) is 0 Å². The second kappa shape index (κ2) is 10.6. The quantitative estimate of drug-likeness (QED) is 0.292. The van der Waals surface area contributed by atoms with Gasteiger partial charge in [0.2, 0.25) is 5.13 Å². The van der Waals surface area contributed by atoms with E-state index in [2.05, 4.69) is 15.5 Å². The van der Waals surface area contributed by atoms with Crippen molar-refractivity contribution in [1.82, 2.24) is 4.98 Å². The number of esters is 1. The van der Waals surface area contributed by atoms with Crippen LogP contribution in [0.4, 0.5) is 18.3 Å². The number of carbonyl (C=O) groups excluding carboxylic acids is 1. The van der Waals surface area contributed by atoms with Crippen LogP contribution in [-0.4, -0.2) is 23.8 Å². The summed E-state index contributed by atoms with van der Waals surface area (Å²) >= 11 is 1.27. The number of hydrogen-bond acceptors (Lipinski definition) is 7. The lowest BCUT2D eigenvalue weighted by Crippen LogP contribution is -2.07. The Bertz CT molecular complexity index is 1090. The lowest BCUT2D eigenvalue weighted by molar-refractivity contribution is -0.142. The molecule has 10 heteroatoms. The summed E-state index contributed by atoms with van der Waals surface area (Å²) in [6.45, 7) is 1.93. The molecule has 0 bridgehead atoms. The molecular formula is C21H18F3N3O3S. The van der Waals surface area contributed by atoms with E-state index in [1.54, 1.807) is 18.4 Å². The van der Waals surface area contributed by atoms with E-state index in [4.69, 9.17) is 9.47 Å². The van der Waals surface area contributed by atoms with Crippen molar-refractivity contribution in [2.75, 3.05) is 12.0 Å². The first-order chi connectivity index (χ1) is 14.9. The normalized spacial score (nSPS) is 11.0. The zero-order chi connectivity index (χ0) is 22.2. The zero-order valence-electron chi connectivity index (χ0n) is 16.4. The van der Waals surface area contributed by atoms with Gasteiger partial charge in [0, 0.05) is 5.38 Å². The highest BCUT2D eigenvalue weighted by molar-refractivity contribution is 7.13. The van der Waals surface area contributed by atoms with Crippen molar-refractivity contribution in [3.8, 4) is 5.75 Å². The third-order valence-electron chi connectivity index (χ3n) is 3.89. The fourth-order valence-corrected chi connectivity index (χ4v) is 3.13. The Kier molecular flexibility index (Phi) is 7.60. The van der Waals surface area contributed by atoms with Crippen molar-refractivity contribution in [1.29, 1.82) is 0 Å². The van der Waals surface area contributed by atoms with E-state index in [1.165, 1.54) is 35.8 Å². The van der Waals surface area contributed by atoms with E-state index in [9.17, 15) is 18.0 Å². The number of hydrogen-bond donors (Lipinski definition) is 1.